The van der Waals surface area contributed by atoms with Gasteiger partial charge in [-0.1, -0.05) is 267 Å². The van der Waals surface area contributed by atoms with E-state index in [0.717, 1.165) is 89.0 Å². The number of hydrogen-bond donors (Lipinski definition) is 0. The zero-order chi connectivity index (χ0) is 48.1. The summed E-state index contributed by atoms with van der Waals surface area (Å²) in [4.78, 5) is 15.8. The Kier molecular flexibility index (Phi) is 12.0. The lowest BCUT2D eigenvalue weighted by Gasteiger charge is -2.28. The third kappa shape index (κ3) is 8.72. The largest absolute Gasteiger partial charge is 0.208 e. The molecule has 12 aromatic rings. The number of nitrogens with zero attached hydrogens (tertiary/aromatic N) is 3. The molecule has 0 aliphatic rings. The fourth-order valence-electron chi connectivity index (χ4n) is 9.99. The normalized spacial score (nSPS) is 11.1. The summed E-state index contributed by atoms with van der Waals surface area (Å²) in [6, 6.07) is 101. The topological polar surface area (TPSA) is 38.7 Å². The van der Waals surface area contributed by atoms with Crippen molar-refractivity contribution in [1.29, 1.82) is 0 Å². The van der Waals surface area contributed by atoms with E-state index < -0.39 is 0 Å². The Labute approximate surface area is 421 Å². The molecule has 0 atom stereocenters. The molecule has 12 rings (SSSR count). The Morgan fingerprint density at radius 1 is 0.139 bits per heavy atom. The van der Waals surface area contributed by atoms with Gasteiger partial charge in [-0.3, -0.25) is 0 Å². The van der Waals surface area contributed by atoms with Gasteiger partial charge in [0, 0.05) is 16.7 Å². The first-order valence-electron chi connectivity index (χ1n) is 24.4. The SMILES string of the molecule is c1ccc(-c2cc(-c3ccccc3)cc(-c3nc(-c4ccccc4)nc(-c4ccc(-c5c(-c6ccccc6)c(-c6ccccc6)c(-c6ccccc6)c(-c6ccccc6)c5-c5ccccc5)cc4)n3)c2)cc1. The van der Waals surface area contributed by atoms with Crippen LogP contribution in [-0.4, -0.2) is 15.0 Å². The molecule has 1 heterocycles. The fraction of sp³-hybridized carbons (Fsp3) is 0. The van der Waals surface area contributed by atoms with Crippen molar-refractivity contribution in [2.45, 2.75) is 0 Å². The van der Waals surface area contributed by atoms with Gasteiger partial charge in [-0.05, 0) is 107 Å². The Bertz CT molecular complexity index is 3610. The Morgan fingerprint density at radius 3 is 0.597 bits per heavy atom. The predicted octanol–water partition coefficient (Wildman–Crippen LogP) is 18.2. The average molecular weight is 918 g/mol. The van der Waals surface area contributed by atoms with E-state index >= 15 is 0 Å². The second-order valence-electron chi connectivity index (χ2n) is 17.9. The summed E-state index contributed by atoms with van der Waals surface area (Å²) in [6.07, 6.45) is 0. The van der Waals surface area contributed by atoms with Crippen LogP contribution >= 0.6 is 0 Å². The maximum atomic E-state index is 5.33. The van der Waals surface area contributed by atoms with Gasteiger partial charge in [0.1, 0.15) is 0 Å². The second kappa shape index (κ2) is 19.8. The molecule has 3 nitrogen and oxygen atoms in total. The van der Waals surface area contributed by atoms with Crippen LogP contribution in [0, 0.1) is 0 Å². The molecule has 0 unspecified atom stereocenters. The lowest BCUT2D eigenvalue weighted by atomic mass is 9.74. The molecular formula is C69H47N3. The highest BCUT2D eigenvalue weighted by atomic mass is 15.0. The van der Waals surface area contributed by atoms with Gasteiger partial charge in [-0.2, -0.15) is 0 Å². The monoisotopic (exact) mass is 917 g/mol. The van der Waals surface area contributed by atoms with Crippen LogP contribution in [0.3, 0.4) is 0 Å². The van der Waals surface area contributed by atoms with Crippen LogP contribution < -0.4 is 0 Å². The van der Waals surface area contributed by atoms with E-state index in [2.05, 4.69) is 267 Å². The lowest BCUT2D eigenvalue weighted by molar-refractivity contribution is 1.07. The number of hydrogen-bond acceptors (Lipinski definition) is 3. The Hall–Kier alpha value is -9.57. The van der Waals surface area contributed by atoms with E-state index in [4.69, 9.17) is 15.0 Å². The standard InChI is InChI=1S/C69H47N3/c1-9-25-48(26-10-1)58-45-59(49-27-11-2-12-28-49)47-60(46-58)69-71-67(56-39-23-8-24-40-56)70-68(72-69)57-43-41-55(42-44-57)66-64(53-35-19-6-20-36-53)62(51-31-15-4-16-32-51)61(50-29-13-3-14-30-50)63(52-33-17-5-18-34-52)65(66)54-37-21-7-22-38-54/h1-47H. The quantitative estimate of drug-likeness (QED) is 0.130. The van der Waals surface area contributed by atoms with Crippen LogP contribution in [0.5, 0.6) is 0 Å². The molecule has 0 radical (unpaired) electrons. The maximum absolute atomic E-state index is 5.33. The molecule has 1 aromatic heterocycles. The first-order valence-corrected chi connectivity index (χ1v) is 24.4. The van der Waals surface area contributed by atoms with Crippen LogP contribution in [0.2, 0.25) is 0 Å². The Balaban J connectivity index is 1.12. The summed E-state index contributed by atoms with van der Waals surface area (Å²) < 4.78 is 0. The van der Waals surface area contributed by atoms with Crippen molar-refractivity contribution in [3.05, 3.63) is 285 Å². The van der Waals surface area contributed by atoms with E-state index in [1.165, 1.54) is 16.7 Å². The molecule has 0 aliphatic carbocycles. The van der Waals surface area contributed by atoms with Gasteiger partial charge in [0.25, 0.3) is 0 Å². The van der Waals surface area contributed by atoms with Gasteiger partial charge in [0.15, 0.2) is 17.5 Å². The van der Waals surface area contributed by atoms with Gasteiger partial charge in [0.05, 0.1) is 0 Å². The van der Waals surface area contributed by atoms with E-state index in [1.807, 2.05) is 18.2 Å². The number of rotatable bonds is 11. The van der Waals surface area contributed by atoms with Gasteiger partial charge in [-0.25, -0.2) is 15.0 Å². The molecular weight excluding hydrogens is 871 g/mol. The molecule has 0 bridgehead atoms. The van der Waals surface area contributed by atoms with Crippen LogP contribution in [0.15, 0.2) is 285 Å². The summed E-state index contributed by atoms with van der Waals surface area (Å²) in [5, 5.41) is 0. The van der Waals surface area contributed by atoms with Crippen molar-refractivity contribution in [1.82, 2.24) is 15.0 Å². The average Bonchev–Trinajstić information content (AvgIpc) is 3.48. The summed E-state index contributed by atoms with van der Waals surface area (Å²) in [6.45, 7) is 0. The van der Waals surface area contributed by atoms with Crippen LogP contribution in [0.25, 0.3) is 123 Å². The molecule has 3 heteroatoms. The van der Waals surface area contributed by atoms with E-state index in [-0.39, 0.29) is 0 Å². The minimum Gasteiger partial charge on any atom is -0.208 e. The third-order valence-electron chi connectivity index (χ3n) is 13.3. The van der Waals surface area contributed by atoms with E-state index in [9.17, 15) is 0 Å². The maximum Gasteiger partial charge on any atom is 0.164 e. The molecule has 0 amide bonds. The van der Waals surface area contributed by atoms with Crippen LogP contribution in [0.4, 0.5) is 0 Å². The van der Waals surface area contributed by atoms with Gasteiger partial charge < -0.3 is 0 Å². The van der Waals surface area contributed by atoms with Crippen molar-refractivity contribution in [3.63, 3.8) is 0 Å². The molecule has 0 aliphatic heterocycles. The van der Waals surface area contributed by atoms with Crippen molar-refractivity contribution < 1.29 is 0 Å². The van der Waals surface area contributed by atoms with Crippen molar-refractivity contribution in [3.8, 4) is 123 Å². The molecule has 0 saturated carbocycles. The minimum atomic E-state index is 0.595. The first kappa shape index (κ1) is 43.7. The summed E-state index contributed by atoms with van der Waals surface area (Å²) in [5.41, 5.74) is 20.9. The van der Waals surface area contributed by atoms with Crippen molar-refractivity contribution in [2.75, 3.05) is 0 Å². The summed E-state index contributed by atoms with van der Waals surface area (Å²) in [5.74, 6) is 1.81. The van der Waals surface area contributed by atoms with Crippen molar-refractivity contribution in [2.24, 2.45) is 0 Å². The lowest BCUT2D eigenvalue weighted by Crippen LogP contribution is -2.02. The van der Waals surface area contributed by atoms with Gasteiger partial charge in [0.2, 0.25) is 0 Å². The molecule has 0 fully saturated rings. The van der Waals surface area contributed by atoms with E-state index in [1.54, 1.807) is 0 Å². The molecule has 0 spiro atoms. The summed E-state index contributed by atoms with van der Waals surface area (Å²) >= 11 is 0. The molecule has 0 saturated heterocycles. The zero-order valence-corrected chi connectivity index (χ0v) is 39.5. The van der Waals surface area contributed by atoms with Gasteiger partial charge in [-0.15, -0.1) is 0 Å². The Morgan fingerprint density at radius 2 is 0.319 bits per heavy atom. The second-order valence-corrected chi connectivity index (χ2v) is 17.9. The molecule has 72 heavy (non-hydrogen) atoms. The molecule has 0 N–H and O–H groups in total. The van der Waals surface area contributed by atoms with E-state index in [0.29, 0.717) is 17.5 Å². The molecule has 11 aromatic carbocycles. The molecule has 338 valence electrons. The smallest absolute Gasteiger partial charge is 0.164 e. The number of benzene rings is 11. The highest BCUT2D eigenvalue weighted by molar-refractivity contribution is 6.15. The zero-order valence-electron chi connectivity index (χ0n) is 39.5. The number of aromatic nitrogens is 3. The fourth-order valence-corrected chi connectivity index (χ4v) is 9.99. The van der Waals surface area contributed by atoms with Gasteiger partial charge >= 0.3 is 0 Å². The van der Waals surface area contributed by atoms with Crippen LogP contribution in [-0.2, 0) is 0 Å². The highest BCUT2D eigenvalue weighted by Crippen LogP contribution is 2.56. The summed E-state index contributed by atoms with van der Waals surface area (Å²) in [7, 11) is 0. The predicted molar refractivity (Wildman–Crippen MR) is 300 cm³/mol. The first-order chi connectivity index (χ1) is 35.7. The highest BCUT2D eigenvalue weighted by Gasteiger charge is 2.29. The van der Waals surface area contributed by atoms with Crippen molar-refractivity contribution >= 4 is 0 Å². The van der Waals surface area contributed by atoms with Crippen LogP contribution in [0.1, 0.15) is 0 Å². The third-order valence-corrected chi connectivity index (χ3v) is 13.3. The minimum absolute atomic E-state index is 0.595.